The predicted molar refractivity (Wildman–Crippen MR) is 118 cm³/mol. The first-order chi connectivity index (χ1) is 14.2. The van der Waals surface area contributed by atoms with Crippen LogP contribution in [0.15, 0.2) is 30.3 Å². The van der Waals surface area contributed by atoms with Gasteiger partial charge in [-0.25, -0.2) is 18.4 Å². The lowest BCUT2D eigenvalue weighted by molar-refractivity contribution is -0.118. The summed E-state index contributed by atoms with van der Waals surface area (Å²) in [6.07, 6.45) is 2.32. The molecule has 1 aromatic carbocycles. The molecule has 0 N–H and O–H groups in total. The highest BCUT2D eigenvalue weighted by atomic mass is 32.2. The Labute approximate surface area is 179 Å². The molecule has 162 valence electrons. The second-order valence-electron chi connectivity index (χ2n) is 7.83. The van der Waals surface area contributed by atoms with Crippen molar-refractivity contribution in [2.24, 2.45) is 0 Å². The van der Waals surface area contributed by atoms with Gasteiger partial charge in [0.05, 0.1) is 11.8 Å². The van der Waals surface area contributed by atoms with Gasteiger partial charge in [-0.15, -0.1) is 0 Å². The van der Waals surface area contributed by atoms with Gasteiger partial charge < -0.3 is 0 Å². The normalized spacial score (nSPS) is 15.4. The van der Waals surface area contributed by atoms with Crippen LogP contribution < -0.4 is 4.90 Å². The van der Waals surface area contributed by atoms with Crippen molar-refractivity contribution in [1.82, 2.24) is 14.3 Å². The van der Waals surface area contributed by atoms with Crippen molar-refractivity contribution in [2.75, 3.05) is 18.5 Å². The SMILES string of the molecule is CCC(C)S(=O)(=O)N(C)Cc1nc(C)c2c(n1)N(CCc1ccccc1)C(=O)CC2. The maximum atomic E-state index is 12.7. The molecule has 1 aliphatic rings. The highest BCUT2D eigenvalue weighted by Crippen LogP contribution is 2.28. The molecule has 8 heteroatoms. The van der Waals surface area contributed by atoms with Crippen LogP contribution in [-0.4, -0.2) is 47.4 Å². The van der Waals surface area contributed by atoms with E-state index in [1.165, 1.54) is 4.31 Å². The van der Waals surface area contributed by atoms with Crippen molar-refractivity contribution in [3.8, 4) is 0 Å². The Bertz CT molecular complexity index is 1010. The van der Waals surface area contributed by atoms with Crippen LogP contribution in [0, 0.1) is 6.92 Å². The average Bonchev–Trinajstić information content (AvgIpc) is 2.73. The summed E-state index contributed by atoms with van der Waals surface area (Å²) in [7, 11) is -1.87. The summed E-state index contributed by atoms with van der Waals surface area (Å²) in [4.78, 5) is 23.6. The number of nitrogens with zero attached hydrogens (tertiary/aromatic N) is 4. The lowest BCUT2D eigenvalue weighted by Crippen LogP contribution is -2.39. The molecule has 1 unspecified atom stereocenters. The van der Waals surface area contributed by atoms with Gasteiger partial charge >= 0.3 is 0 Å². The van der Waals surface area contributed by atoms with E-state index in [0.717, 1.165) is 23.2 Å². The Morgan fingerprint density at radius 2 is 1.87 bits per heavy atom. The molecule has 0 saturated heterocycles. The maximum Gasteiger partial charge on any atom is 0.228 e. The van der Waals surface area contributed by atoms with Crippen molar-refractivity contribution in [1.29, 1.82) is 0 Å². The molecule has 0 bridgehead atoms. The van der Waals surface area contributed by atoms with E-state index in [-0.39, 0.29) is 12.5 Å². The van der Waals surface area contributed by atoms with Crippen LogP contribution in [0.25, 0.3) is 0 Å². The Kier molecular flexibility index (Phi) is 6.88. The van der Waals surface area contributed by atoms with Crippen LogP contribution in [0.4, 0.5) is 5.82 Å². The molecule has 3 rings (SSSR count). The zero-order chi connectivity index (χ0) is 21.9. The van der Waals surface area contributed by atoms with E-state index in [1.54, 1.807) is 18.9 Å². The molecule has 0 spiro atoms. The number of hydrogen-bond donors (Lipinski definition) is 0. The molecule has 7 nitrogen and oxygen atoms in total. The molecular weight excluding hydrogens is 400 g/mol. The van der Waals surface area contributed by atoms with Crippen molar-refractivity contribution < 1.29 is 13.2 Å². The highest BCUT2D eigenvalue weighted by Gasteiger charge is 2.29. The molecule has 30 heavy (non-hydrogen) atoms. The number of amides is 1. The van der Waals surface area contributed by atoms with Gasteiger partial charge in [0.1, 0.15) is 11.6 Å². The lowest BCUT2D eigenvalue weighted by Gasteiger charge is -2.30. The minimum Gasteiger partial charge on any atom is -0.296 e. The van der Waals surface area contributed by atoms with E-state index in [0.29, 0.717) is 37.4 Å². The Morgan fingerprint density at radius 1 is 1.17 bits per heavy atom. The van der Waals surface area contributed by atoms with Crippen molar-refractivity contribution in [3.63, 3.8) is 0 Å². The smallest absolute Gasteiger partial charge is 0.228 e. The van der Waals surface area contributed by atoms with Crippen molar-refractivity contribution in [3.05, 3.63) is 53.0 Å². The first kappa shape index (κ1) is 22.4. The monoisotopic (exact) mass is 430 g/mol. The van der Waals surface area contributed by atoms with E-state index in [1.807, 2.05) is 44.2 Å². The second-order valence-corrected chi connectivity index (χ2v) is 10.3. The second kappa shape index (κ2) is 9.22. The van der Waals surface area contributed by atoms with E-state index < -0.39 is 15.3 Å². The van der Waals surface area contributed by atoms with Crippen molar-refractivity contribution >= 4 is 21.7 Å². The lowest BCUT2D eigenvalue weighted by atomic mass is 10.0. The number of anilines is 1. The Hall–Kier alpha value is -2.32. The Morgan fingerprint density at radius 3 is 2.53 bits per heavy atom. The predicted octanol–water partition coefficient (Wildman–Crippen LogP) is 2.87. The van der Waals surface area contributed by atoms with Crippen LogP contribution >= 0.6 is 0 Å². The summed E-state index contributed by atoms with van der Waals surface area (Å²) in [6.45, 7) is 6.08. The van der Waals surface area contributed by atoms with E-state index in [9.17, 15) is 13.2 Å². The van der Waals surface area contributed by atoms with Crippen LogP contribution in [0.1, 0.15) is 49.3 Å². The third-order valence-electron chi connectivity index (χ3n) is 5.73. The summed E-state index contributed by atoms with van der Waals surface area (Å²) in [5.74, 6) is 1.09. The first-order valence-electron chi connectivity index (χ1n) is 10.4. The maximum absolute atomic E-state index is 12.7. The van der Waals surface area contributed by atoms with E-state index in [2.05, 4.69) is 9.97 Å². The number of hydrogen-bond acceptors (Lipinski definition) is 5. The van der Waals surface area contributed by atoms with Gasteiger partial charge in [-0.05, 0) is 38.7 Å². The number of benzene rings is 1. The van der Waals surface area contributed by atoms with Crippen LogP contribution in [0.5, 0.6) is 0 Å². The van der Waals surface area contributed by atoms with Crippen LogP contribution in [0.3, 0.4) is 0 Å². The summed E-state index contributed by atoms with van der Waals surface area (Å²) < 4.78 is 26.5. The number of carbonyl (C=O) groups is 1. The first-order valence-corrected chi connectivity index (χ1v) is 11.9. The van der Waals surface area contributed by atoms with Gasteiger partial charge in [0, 0.05) is 31.3 Å². The molecule has 2 heterocycles. The molecule has 0 fully saturated rings. The largest absolute Gasteiger partial charge is 0.296 e. The molecule has 1 aromatic heterocycles. The minimum absolute atomic E-state index is 0.0445. The average molecular weight is 431 g/mol. The summed E-state index contributed by atoms with van der Waals surface area (Å²) in [5, 5.41) is -0.467. The summed E-state index contributed by atoms with van der Waals surface area (Å²) in [6, 6.07) is 10.0. The van der Waals surface area contributed by atoms with Crippen molar-refractivity contribution in [2.45, 2.75) is 58.2 Å². The molecule has 0 saturated carbocycles. The third kappa shape index (κ3) is 4.70. The molecule has 1 amide bonds. The number of rotatable bonds is 8. The van der Waals surface area contributed by atoms with E-state index >= 15 is 0 Å². The summed E-state index contributed by atoms with van der Waals surface area (Å²) >= 11 is 0. The standard InChI is InChI=1S/C22H30N4O3S/c1-5-16(2)30(28,29)25(4)15-20-23-17(3)19-11-12-21(27)26(22(19)24-20)14-13-18-9-7-6-8-10-18/h6-10,16H,5,11-15H2,1-4H3. The quantitative estimate of drug-likeness (QED) is 0.643. The van der Waals surface area contributed by atoms with Gasteiger partial charge in [-0.1, -0.05) is 37.3 Å². The van der Waals surface area contributed by atoms with Gasteiger partial charge in [0.2, 0.25) is 15.9 Å². The number of fused-ring (bicyclic) bond motifs is 1. The van der Waals surface area contributed by atoms with Gasteiger partial charge in [-0.2, -0.15) is 4.31 Å². The van der Waals surface area contributed by atoms with Crippen LogP contribution in [-0.2, 0) is 34.2 Å². The summed E-state index contributed by atoms with van der Waals surface area (Å²) in [5.41, 5.74) is 2.93. The fourth-order valence-electron chi connectivity index (χ4n) is 3.63. The minimum atomic E-state index is -3.42. The third-order valence-corrected chi connectivity index (χ3v) is 8.08. The fourth-order valence-corrected chi connectivity index (χ4v) is 4.96. The molecule has 2 aromatic rings. The number of aryl methyl sites for hydroxylation is 1. The number of aromatic nitrogens is 2. The van der Waals surface area contributed by atoms with Crippen LogP contribution in [0.2, 0.25) is 0 Å². The molecule has 0 radical (unpaired) electrons. The van der Waals surface area contributed by atoms with Gasteiger partial charge in [0.15, 0.2) is 0 Å². The molecule has 1 aliphatic heterocycles. The fraction of sp³-hybridized carbons (Fsp3) is 0.500. The number of carbonyl (C=O) groups excluding carboxylic acids is 1. The molecule has 0 aliphatic carbocycles. The molecular formula is C22H30N4O3S. The highest BCUT2D eigenvalue weighted by molar-refractivity contribution is 7.89. The Balaban J connectivity index is 1.87. The molecule has 1 atom stereocenters. The topological polar surface area (TPSA) is 83.5 Å². The van der Waals surface area contributed by atoms with Gasteiger partial charge in [0.25, 0.3) is 0 Å². The zero-order valence-electron chi connectivity index (χ0n) is 18.1. The number of sulfonamides is 1. The van der Waals surface area contributed by atoms with E-state index in [4.69, 9.17) is 0 Å². The zero-order valence-corrected chi connectivity index (χ0v) is 18.9. The van der Waals surface area contributed by atoms with Gasteiger partial charge in [-0.3, -0.25) is 9.69 Å².